The topological polar surface area (TPSA) is 47.1 Å². The van der Waals surface area contributed by atoms with Gasteiger partial charge in [0.2, 0.25) is 0 Å². The van der Waals surface area contributed by atoms with Crippen LogP contribution in [0.3, 0.4) is 0 Å². The van der Waals surface area contributed by atoms with Gasteiger partial charge in [-0.15, -0.1) is 0 Å². The molecule has 0 spiro atoms. The summed E-state index contributed by atoms with van der Waals surface area (Å²) in [6, 6.07) is 3.87. The normalized spacial score (nSPS) is 15.9. The Morgan fingerprint density at radius 2 is 1.88 bits per heavy atom. The van der Waals surface area contributed by atoms with Crippen LogP contribution < -0.4 is 9.47 Å². The van der Waals surface area contributed by atoms with Gasteiger partial charge in [0.05, 0.1) is 25.3 Å². The van der Waals surface area contributed by atoms with Crippen molar-refractivity contribution >= 4 is 11.0 Å². The number of aromatic nitrogens is 2. The van der Waals surface area contributed by atoms with Crippen molar-refractivity contribution in [3.05, 3.63) is 18.0 Å². The zero-order chi connectivity index (χ0) is 11.8. The van der Waals surface area contributed by atoms with Crippen molar-refractivity contribution in [3.63, 3.8) is 0 Å². The molecule has 0 aliphatic heterocycles. The minimum Gasteiger partial charge on any atom is -0.493 e. The standard InChI is InChI=1S/C13H16N2O2/c1-16-11-6-9-10(7-12(11)17-2)15-13(14-9)8-4-3-5-8/h6-8H,3-5H2,1-2H3,(H,14,15). The molecule has 0 bridgehead atoms. The molecule has 1 aliphatic carbocycles. The van der Waals surface area contributed by atoms with Crippen LogP contribution in [0.4, 0.5) is 0 Å². The highest BCUT2D eigenvalue weighted by Crippen LogP contribution is 2.37. The van der Waals surface area contributed by atoms with Gasteiger partial charge in [-0.1, -0.05) is 6.42 Å². The fraction of sp³-hybridized carbons (Fsp3) is 0.462. The Labute approximate surface area is 100.0 Å². The maximum absolute atomic E-state index is 5.28. The second-order valence-electron chi connectivity index (χ2n) is 4.47. The predicted molar refractivity (Wildman–Crippen MR) is 65.8 cm³/mol. The van der Waals surface area contributed by atoms with Crippen molar-refractivity contribution in [1.29, 1.82) is 0 Å². The van der Waals surface area contributed by atoms with E-state index in [0.29, 0.717) is 5.92 Å². The molecular formula is C13H16N2O2. The maximum Gasteiger partial charge on any atom is 0.163 e. The molecule has 1 aromatic carbocycles. The molecule has 1 aliphatic rings. The SMILES string of the molecule is COc1cc2nc(C3CCC3)[nH]c2cc1OC. The fourth-order valence-corrected chi connectivity index (χ4v) is 2.23. The van der Waals surface area contributed by atoms with E-state index in [9.17, 15) is 0 Å². The molecule has 0 amide bonds. The van der Waals surface area contributed by atoms with E-state index >= 15 is 0 Å². The number of rotatable bonds is 3. The molecule has 0 radical (unpaired) electrons. The van der Waals surface area contributed by atoms with Crippen molar-refractivity contribution in [1.82, 2.24) is 9.97 Å². The van der Waals surface area contributed by atoms with Gasteiger partial charge in [0.1, 0.15) is 5.82 Å². The number of ether oxygens (including phenoxy) is 2. The van der Waals surface area contributed by atoms with E-state index in [2.05, 4.69) is 9.97 Å². The van der Waals surface area contributed by atoms with Gasteiger partial charge in [-0.3, -0.25) is 0 Å². The van der Waals surface area contributed by atoms with E-state index in [-0.39, 0.29) is 0 Å². The summed E-state index contributed by atoms with van der Waals surface area (Å²) < 4.78 is 10.6. The molecule has 17 heavy (non-hydrogen) atoms. The molecule has 1 aromatic heterocycles. The second-order valence-corrected chi connectivity index (χ2v) is 4.47. The lowest BCUT2D eigenvalue weighted by molar-refractivity contribution is 0.356. The summed E-state index contributed by atoms with van der Waals surface area (Å²) in [6.45, 7) is 0. The summed E-state index contributed by atoms with van der Waals surface area (Å²) in [6.07, 6.45) is 3.80. The molecule has 0 unspecified atom stereocenters. The molecule has 4 heteroatoms. The third kappa shape index (κ3) is 1.64. The molecule has 4 nitrogen and oxygen atoms in total. The van der Waals surface area contributed by atoms with Crippen LogP contribution in [0.25, 0.3) is 11.0 Å². The van der Waals surface area contributed by atoms with Crippen LogP contribution in [0.15, 0.2) is 12.1 Å². The third-order valence-corrected chi connectivity index (χ3v) is 3.50. The van der Waals surface area contributed by atoms with E-state index in [1.807, 2.05) is 12.1 Å². The minimum atomic E-state index is 0.611. The molecule has 1 fully saturated rings. The summed E-state index contributed by atoms with van der Waals surface area (Å²) in [7, 11) is 3.29. The molecule has 1 saturated carbocycles. The number of hydrogen-bond donors (Lipinski definition) is 1. The van der Waals surface area contributed by atoms with Crippen molar-refractivity contribution in [2.24, 2.45) is 0 Å². The quantitative estimate of drug-likeness (QED) is 0.885. The largest absolute Gasteiger partial charge is 0.493 e. The van der Waals surface area contributed by atoms with Crippen molar-refractivity contribution < 1.29 is 9.47 Å². The molecule has 3 rings (SSSR count). The van der Waals surface area contributed by atoms with Crippen LogP contribution in [0.1, 0.15) is 31.0 Å². The van der Waals surface area contributed by atoms with Crippen LogP contribution in [0.2, 0.25) is 0 Å². The highest BCUT2D eigenvalue weighted by atomic mass is 16.5. The molecule has 0 saturated heterocycles. The van der Waals surface area contributed by atoms with Gasteiger partial charge < -0.3 is 14.5 Å². The Bertz CT molecular complexity index is 503. The second kappa shape index (κ2) is 3.95. The van der Waals surface area contributed by atoms with Gasteiger partial charge >= 0.3 is 0 Å². The van der Waals surface area contributed by atoms with E-state index in [1.54, 1.807) is 14.2 Å². The van der Waals surface area contributed by atoms with Crippen LogP contribution in [0, 0.1) is 0 Å². The number of benzene rings is 1. The molecule has 90 valence electrons. The summed E-state index contributed by atoms with van der Waals surface area (Å²) in [5, 5.41) is 0. The van der Waals surface area contributed by atoms with Crippen molar-refractivity contribution in [2.75, 3.05) is 14.2 Å². The number of nitrogens with zero attached hydrogens (tertiary/aromatic N) is 1. The van der Waals surface area contributed by atoms with E-state index < -0.39 is 0 Å². The number of aromatic amines is 1. The number of fused-ring (bicyclic) bond motifs is 1. The average molecular weight is 232 g/mol. The Hall–Kier alpha value is -1.71. The molecule has 1 N–H and O–H groups in total. The number of H-pyrrole nitrogens is 1. The smallest absolute Gasteiger partial charge is 0.163 e. The van der Waals surface area contributed by atoms with Crippen molar-refractivity contribution in [3.8, 4) is 11.5 Å². The first-order valence-electron chi connectivity index (χ1n) is 5.93. The third-order valence-electron chi connectivity index (χ3n) is 3.50. The average Bonchev–Trinajstić information content (AvgIpc) is 2.66. The summed E-state index contributed by atoms with van der Waals surface area (Å²) >= 11 is 0. The zero-order valence-electron chi connectivity index (χ0n) is 10.1. The summed E-state index contributed by atoms with van der Waals surface area (Å²) in [4.78, 5) is 8.00. The lowest BCUT2D eigenvalue weighted by Crippen LogP contribution is -2.10. The molecule has 0 atom stereocenters. The van der Waals surface area contributed by atoms with Crippen molar-refractivity contribution in [2.45, 2.75) is 25.2 Å². The minimum absolute atomic E-state index is 0.611. The maximum atomic E-state index is 5.28. The Kier molecular flexibility index (Phi) is 2.42. The van der Waals surface area contributed by atoms with Gasteiger partial charge in [-0.25, -0.2) is 4.98 Å². The Morgan fingerprint density at radius 1 is 1.18 bits per heavy atom. The van der Waals surface area contributed by atoms with E-state index in [4.69, 9.17) is 9.47 Å². The highest BCUT2D eigenvalue weighted by molar-refractivity contribution is 5.79. The number of nitrogens with one attached hydrogen (secondary N) is 1. The van der Waals surface area contributed by atoms with Crippen LogP contribution in [-0.4, -0.2) is 24.2 Å². The predicted octanol–water partition coefficient (Wildman–Crippen LogP) is 2.85. The number of hydrogen-bond acceptors (Lipinski definition) is 3. The first-order valence-corrected chi connectivity index (χ1v) is 5.93. The van der Waals surface area contributed by atoms with E-state index in [0.717, 1.165) is 28.4 Å². The van der Waals surface area contributed by atoms with Gasteiger partial charge in [0, 0.05) is 18.1 Å². The van der Waals surface area contributed by atoms with Gasteiger partial charge in [-0.05, 0) is 12.8 Å². The van der Waals surface area contributed by atoms with Gasteiger partial charge in [-0.2, -0.15) is 0 Å². The zero-order valence-corrected chi connectivity index (χ0v) is 10.1. The first kappa shape index (κ1) is 10.4. The Morgan fingerprint density at radius 3 is 2.47 bits per heavy atom. The van der Waals surface area contributed by atoms with Crippen LogP contribution in [-0.2, 0) is 0 Å². The molecular weight excluding hydrogens is 216 g/mol. The summed E-state index contributed by atoms with van der Waals surface area (Å²) in [5.74, 6) is 3.18. The molecule has 2 aromatic rings. The van der Waals surface area contributed by atoms with Crippen LogP contribution >= 0.6 is 0 Å². The van der Waals surface area contributed by atoms with E-state index in [1.165, 1.54) is 19.3 Å². The first-order chi connectivity index (χ1) is 8.31. The highest BCUT2D eigenvalue weighted by Gasteiger charge is 2.23. The monoisotopic (exact) mass is 232 g/mol. The lowest BCUT2D eigenvalue weighted by Gasteiger charge is -2.22. The van der Waals surface area contributed by atoms with Gasteiger partial charge in [0.15, 0.2) is 11.5 Å². The summed E-state index contributed by atoms with van der Waals surface area (Å²) in [5.41, 5.74) is 1.97. The Balaban J connectivity index is 2.08. The number of imidazole rings is 1. The van der Waals surface area contributed by atoms with Gasteiger partial charge in [0.25, 0.3) is 0 Å². The number of methoxy groups -OCH3 is 2. The fourth-order valence-electron chi connectivity index (χ4n) is 2.23. The van der Waals surface area contributed by atoms with Crippen LogP contribution in [0.5, 0.6) is 11.5 Å². The molecule has 1 heterocycles. The lowest BCUT2D eigenvalue weighted by atomic mass is 9.85.